The largest absolute Gasteiger partial charge is 0.417 e. The molecule has 1 N–H and O–H groups in total. The molecule has 0 saturated carbocycles. The van der Waals surface area contributed by atoms with Gasteiger partial charge in [-0.3, -0.25) is 4.79 Å². The van der Waals surface area contributed by atoms with Crippen LogP contribution in [0.3, 0.4) is 0 Å². The standard InChI is InChI=1S/C29H60O4Si2/c1-16-17-18-19-22(2)25(30)23(3)26(31)29(10,11)24(33-35(14,15)28(7,8)9)20-21-32-34(12,13)27(4,5)6/h16,22-25,30H,1,17-21H2,2-15H3/t22-,23+,24-,25-/m0/s1. The molecule has 0 aliphatic heterocycles. The summed E-state index contributed by atoms with van der Waals surface area (Å²) in [5.41, 5.74) is -0.729. The monoisotopic (exact) mass is 528 g/mol. The molecule has 0 aliphatic carbocycles. The molecule has 0 aromatic heterocycles. The van der Waals surface area contributed by atoms with E-state index < -0.39 is 34.1 Å². The summed E-state index contributed by atoms with van der Waals surface area (Å²) in [7, 11) is -4.03. The molecule has 0 bridgehead atoms. The lowest BCUT2D eigenvalue weighted by molar-refractivity contribution is -0.141. The van der Waals surface area contributed by atoms with E-state index in [4.69, 9.17) is 8.85 Å². The molecule has 35 heavy (non-hydrogen) atoms. The topological polar surface area (TPSA) is 55.8 Å². The summed E-state index contributed by atoms with van der Waals surface area (Å²) in [6, 6.07) is 0. The van der Waals surface area contributed by atoms with Crippen molar-refractivity contribution >= 4 is 22.4 Å². The van der Waals surface area contributed by atoms with Crippen LogP contribution in [-0.2, 0) is 13.6 Å². The highest BCUT2D eigenvalue weighted by Crippen LogP contribution is 2.42. The van der Waals surface area contributed by atoms with Crippen LogP contribution in [0.2, 0.25) is 36.3 Å². The molecule has 0 aromatic rings. The number of Topliss-reactive ketones (excluding diaryl/α,β-unsaturated/α-hetero) is 1. The average Bonchev–Trinajstić information content (AvgIpc) is 2.69. The number of rotatable bonds is 15. The quantitative estimate of drug-likeness (QED) is 0.132. The van der Waals surface area contributed by atoms with Gasteiger partial charge in [0.1, 0.15) is 5.78 Å². The van der Waals surface area contributed by atoms with Crippen LogP contribution < -0.4 is 0 Å². The first-order chi connectivity index (χ1) is 15.5. The van der Waals surface area contributed by atoms with E-state index in [1.165, 1.54) is 0 Å². The molecule has 6 heteroatoms. The minimum atomic E-state index is -2.13. The summed E-state index contributed by atoms with van der Waals surface area (Å²) < 4.78 is 13.4. The van der Waals surface area contributed by atoms with Crippen molar-refractivity contribution in [2.75, 3.05) is 6.61 Å². The van der Waals surface area contributed by atoms with E-state index in [0.29, 0.717) is 13.0 Å². The van der Waals surface area contributed by atoms with Crippen molar-refractivity contribution in [2.24, 2.45) is 17.3 Å². The number of allylic oxidation sites excluding steroid dienone is 1. The first-order valence-corrected chi connectivity index (χ1v) is 19.5. The molecule has 0 unspecified atom stereocenters. The number of carbonyl (C=O) groups is 1. The molecule has 0 aliphatic rings. The minimum absolute atomic E-state index is 0.0372. The van der Waals surface area contributed by atoms with Gasteiger partial charge >= 0.3 is 0 Å². The summed E-state index contributed by atoms with van der Waals surface area (Å²) in [4.78, 5) is 13.9. The van der Waals surface area contributed by atoms with Crippen LogP contribution in [0.25, 0.3) is 0 Å². The minimum Gasteiger partial charge on any atom is -0.417 e. The second-order valence-electron chi connectivity index (χ2n) is 14.3. The summed E-state index contributed by atoms with van der Waals surface area (Å²) in [5, 5.41) is 11.2. The number of carbonyl (C=O) groups excluding carboxylic acids is 1. The van der Waals surface area contributed by atoms with Crippen LogP contribution in [0.15, 0.2) is 12.7 Å². The van der Waals surface area contributed by atoms with Gasteiger partial charge in [-0.2, -0.15) is 0 Å². The zero-order valence-electron chi connectivity index (χ0n) is 25.8. The van der Waals surface area contributed by atoms with Crippen molar-refractivity contribution in [3.8, 4) is 0 Å². The second-order valence-corrected chi connectivity index (χ2v) is 23.9. The van der Waals surface area contributed by atoms with Gasteiger partial charge in [0.2, 0.25) is 0 Å². The smallest absolute Gasteiger partial charge is 0.192 e. The normalized spacial score (nSPS) is 17.6. The van der Waals surface area contributed by atoms with Crippen LogP contribution in [0.5, 0.6) is 0 Å². The maximum atomic E-state index is 13.9. The molecule has 4 atom stereocenters. The molecule has 0 heterocycles. The van der Waals surface area contributed by atoms with Crippen molar-refractivity contribution in [1.29, 1.82) is 0 Å². The van der Waals surface area contributed by atoms with Gasteiger partial charge in [0.05, 0.1) is 12.2 Å². The summed E-state index contributed by atoms with van der Waals surface area (Å²) in [6.45, 7) is 34.7. The summed E-state index contributed by atoms with van der Waals surface area (Å²) in [6.07, 6.45) is 4.46. The maximum absolute atomic E-state index is 13.9. The van der Waals surface area contributed by atoms with Gasteiger partial charge in [0.25, 0.3) is 0 Å². The van der Waals surface area contributed by atoms with Gasteiger partial charge in [-0.1, -0.05) is 75.3 Å². The summed E-state index contributed by atoms with van der Waals surface area (Å²) in [5.74, 6) is -0.307. The van der Waals surface area contributed by atoms with Crippen molar-refractivity contribution < 1.29 is 18.8 Å². The van der Waals surface area contributed by atoms with Crippen molar-refractivity contribution in [3.05, 3.63) is 12.7 Å². The number of hydrogen-bond acceptors (Lipinski definition) is 4. The highest BCUT2D eigenvalue weighted by molar-refractivity contribution is 6.74. The fraction of sp³-hybridized carbons (Fsp3) is 0.897. The van der Waals surface area contributed by atoms with E-state index in [-0.39, 0.29) is 27.9 Å². The summed E-state index contributed by atoms with van der Waals surface area (Å²) >= 11 is 0. The Labute approximate surface area is 220 Å². The molecule has 0 spiro atoms. The van der Waals surface area contributed by atoms with Crippen molar-refractivity contribution in [3.63, 3.8) is 0 Å². The fourth-order valence-corrected chi connectivity index (χ4v) is 6.42. The van der Waals surface area contributed by atoms with E-state index in [1.54, 1.807) is 0 Å². The third-order valence-corrected chi connectivity index (χ3v) is 17.9. The van der Waals surface area contributed by atoms with Crippen LogP contribution in [0.1, 0.15) is 94.9 Å². The van der Waals surface area contributed by atoms with Gasteiger partial charge in [-0.05, 0) is 67.9 Å². The second kappa shape index (κ2) is 13.0. The fourth-order valence-electron chi connectivity index (χ4n) is 3.89. The van der Waals surface area contributed by atoms with Crippen LogP contribution in [-0.4, -0.2) is 46.3 Å². The Morgan fingerprint density at radius 1 is 0.914 bits per heavy atom. The molecular weight excluding hydrogens is 468 g/mol. The van der Waals surface area contributed by atoms with Crippen LogP contribution in [0.4, 0.5) is 0 Å². The highest BCUT2D eigenvalue weighted by Gasteiger charge is 2.47. The highest BCUT2D eigenvalue weighted by atomic mass is 28.4. The van der Waals surface area contributed by atoms with Crippen LogP contribution in [0, 0.1) is 17.3 Å². The van der Waals surface area contributed by atoms with Crippen molar-refractivity contribution in [2.45, 2.75) is 143 Å². The number of hydrogen-bond donors (Lipinski definition) is 1. The Balaban J connectivity index is 5.82. The molecule has 208 valence electrons. The Morgan fingerprint density at radius 2 is 1.40 bits per heavy atom. The zero-order chi connectivity index (χ0) is 28.0. The molecule has 0 aromatic carbocycles. The molecule has 0 rings (SSSR count). The van der Waals surface area contributed by atoms with Gasteiger partial charge in [-0.15, -0.1) is 6.58 Å². The number of aliphatic hydroxyl groups excluding tert-OH is 1. The molecule has 4 nitrogen and oxygen atoms in total. The van der Waals surface area contributed by atoms with Gasteiger partial charge in [0, 0.05) is 17.9 Å². The lowest BCUT2D eigenvalue weighted by Gasteiger charge is -2.45. The Bertz CT molecular complexity index is 671. The average molecular weight is 529 g/mol. The van der Waals surface area contributed by atoms with Gasteiger partial charge < -0.3 is 14.0 Å². The van der Waals surface area contributed by atoms with Crippen molar-refractivity contribution in [1.82, 2.24) is 0 Å². The number of ketones is 1. The molecule has 0 amide bonds. The Hall–Kier alpha value is -0.276. The lowest BCUT2D eigenvalue weighted by atomic mass is 9.73. The SMILES string of the molecule is C=CCCC[C@H](C)[C@H](O)[C@@H](C)C(=O)C(C)(C)[C@H](CCO[Si](C)(C)C(C)(C)C)O[Si](C)(C)C(C)(C)C. The van der Waals surface area contributed by atoms with E-state index in [0.717, 1.165) is 19.3 Å². The molecule has 0 saturated heterocycles. The third kappa shape index (κ3) is 9.84. The van der Waals surface area contributed by atoms with E-state index >= 15 is 0 Å². The maximum Gasteiger partial charge on any atom is 0.192 e. The van der Waals surface area contributed by atoms with E-state index in [1.807, 2.05) is 33.8 Å². The lowest BCUT2D eigenvalue weighted by Crippen LogP contribution is -2.52. The number of unbranched alkanes of at least 4 members (excludes halogenated alkanes) is 1. The molecular formula is C29H60O4Si2. The predicted octanol–water partition coefficient (Wildman–Crippen LogP) is 8.37. The first-order valence-electron chi connectivity index (χ1n) is 13.7. The Kier molecular flexibility index (Phi) is 12.9. The van der Waals surface area contributed by atoms with Crippen LogP contribution >= 0.6 is 0 Å². The molecule has 0 radical (unpaired) electrons. The van der Waals surface area contributed by atoms with Gasteiger partial charge in [0.15, 0.2) is 16.6 Å². The number of aliphatic hydroxyl groups is 1. The predicted molar refractivity (Wildman–Crippen MR) is 157 cm³/mol. The first kappa shape index (κ1) is 34.7. The van der Waals surface area contributed by atoms with Gasteiger partial charge in [-0.25, -0.2) is 0 Å². The Morgan fingerprint density at radius 3 is 1.83 bits per heavy atom. The third-order valence-electron chi connectivity index (χ3n) is 8.91. The molecule has 0 fully saturated rings. The zero-order valence-corrected chi connectivity index (χ0v) is 27.8. The van der Waals surface area contributed by atoms with E-state index in [2.05, 4.69) is 74.3 Å². The van der Waals surface area contributed by atoms with E-state index in [9.17, 15) is 9.90 Å².